The average molecular weight is 417 g/mol. The highest BCUT2D eigenvalue weighted by Crippen LogP contribution is 2.23. The summed E-state index contributed by atoms with van der Waals surface area (Å²) >= 11 is 3.25. The quantitative estimate of drug-likeness (QED) is 0.396. The van der Waals surface area contributed by atoms with Crippen LogP contribution in [0.5, 0.6) is 11.5 Å². The number of ether oxygens (including phenoxy) is 2. The van der Waals surface area contributed by atoms with Crippen molar-refractivity contribution in [1.82, 2.24) is 4.57 Å². The molecule has 148 valence electrons. The van der Waals surface area contributed by atoms with Gasteiger partial charge >= 0.3 is 0 Å². The van der Waals surface area contributed by atoms with Crippen molar-refractivity contribution in [3.8, 4) is 11.5 Å². The monoisotopic (exact) mass is 416 g/mol. The minimum absolute atomic E-state index is 0.0810. The van der Waals surface area contributed by atoms with Gasteiger partial charge in [0.25, 0.3) is 0 Å². The number of hydrogen-bond donors (Lipinski definition) is 0. The van der Waals surface area contributed by atoms with Crippen LogP contribution in [0.15, 0.2) is 52.4 Å². The summed E-state index contributed by atoms with van der Waals surface area (Å²) in [6.45, 7) is 2.60. The Morgan fingerprint density at radius 3 is 2.64 bits per heavy atom. The predicted molar refractivity (Wildman–Crippen MR) is 115 cm³/mol. The molecule has 0 atom stereocenters. The Hall–Kier alpha value is -2.25. The lowest BCUT2D eigenvalue weighted by Gasteiger charge is -2.03. The normalized spacial score (nSPS) is 11.8. The lowest BCUT2D eigenvalue weighted by Crippen LogP contribution is -2.13. The zero-order chi connectivity index (χ0) is 19.9. The topological polar surface area (TPSA) is 52.8 Å². The molecule has 2 aromatic carbocycles. The van der Waals surface area contributed by atoms with Crippen LogP contribution in [0.3, 0.4) is 0 Å². The molecule has 0 aliphatic heterocycles. The number of nitrogens with zero attached hydrogens (tertiary/aromatic N) is 2. The van der Waals surface area contributed by atoms with Gasteiger partial charge in [0, 0.05) is 18.4 Å². The Morgan fingerprint density at radius 1 is 1.18 bits per heavy atom. The summed E-state index contributed by atoms with van der Waals surface area (Å²) in [7, 11) is 3.59. The Kier molecular flexibility index (Phi) is 7.17. The molecular weight excluding hydrogens is 392 g/mol. The lowest BCUT2D eigenvalue weighted by atomic mass is 10.3. The molecule has 28 heavy (non-hydrogen) atoms. The summed E-state index contributed by atoms with van der Waals surface area (Å²) in [5.74, 6) is 2.49. The van der Waals surface area contributed by atoms with Crippen LogP contribution in [0.25, 0.3) is 10.2 Å². The molecule has 3 rings (SSSR count). The lowest BCUT2D eigenvalue weighted by molar-refractivity contribution is -0.118. The van der Waals surface area contributed by atoms with Gasteiger partial charge in [0.05, 0.1) is 23.9 Å². The Bertz CT molecular complexity index is 1010. The average Bonchev–Trinajstić information content (AvgIpc) is 3.01. The van der Waals surface area contributed by atoms with Crippen LogP contribution < -0.4 is 14.3 Å². The van der Waals surface area contributed by atoms with Gasteiger partial charge in [0.2, 0.25) is 5.91 Å². The van der Waals surface area contributed by atoms with Gasteiger partial charge in [-0.1, -0.05) is 11.3 Å². The van der Waals surface area contributed by atoms with E-state index < -0.39 is 0 Å². The molecule has 0 saturated heterocycles. The van der Waals surface area contributed by atoms with E-state index in [1.165, 1.54) is 16.2 Å². The Balaban J connectivity index is 1.58. The van der Waals surface area contributed by atoms with E-state index in [9.17, 15) is 4.79 Å². The fraction of sp³-hybridized carbons (Fsp3) is 0.333. The summed E-state index contributed by atoms with van der Waals surface area (Å²) in [6, 6.07) is 13.9. The number of thioether (sulfide) groups is 1. The molecule has 0 aliphatic carbocycles. The molecule has 1 heterocycles. The third-order valence-corrected chi connectivity index (χ3v) is 6.37. The van der Waals surface area contributed by atoms with Crippen molar-refractivity contribution >= 4 is 39.2 Å². The predicted octanol–water partition coefficient (Wildman–Crippen LogP) is 4.65. The Labute approximate surface area is 173 Å². The number of carbonyl (C=O) groups is 1. The standard InChI is InChI=1S/C21H24N2O3S2/c1-4-26-16-9-12-18-19(14-16)28-21(23(18)2)22-20(24)6-5-13-27-17-10-7-15(25-3)8-11-17/h7-12,14H,4-6,13H2,1-3H3. The molecule has 0 unspecified atom stereocenters. The smallest absolute Gasteiger partial charge is 0.248 e. The fourth-order valence-electron chi connectivity index (χ4n) is 2.73. The van der Waals surface area contributed by atoms with Crippen LogP contribution in [0.2, 0.25) is 0 Å². The molecule has 1 aromatic heterocycles. The number of benzene rings is 2. The van der Waals surface area contributed by atoms with Gasteiger partial charge in [0.15, 0.2) is 4.80 Å². The molecule has 0 saturated carbocycles. The molecule has 0 spiro atoms. The van der Waals surface area contributed by atoms with Gasteiger partial charge in [-0.05, 0) is 61.6 Å². The van der Waals surface area contributed by atoms with E-state index in [4.69, 9.17) is 9.47 Å². The number of amides is 1. The minimum atomic E-state index is -0.0810. The summed E-state index contributed by atoms with van der Waals surface area (Å²) < 4.78 is 13.7. The molecule has 7 heteroatoms. The number of aryl methyl sites for hydroxylation is 1. The SMILES string of the molecule is CCOc1ccc2c(c1)sc(=NC(=O)CCCSc1ccc(OC)cc1)n2C. The second kappa shape index (κ2) is 9.80. The third kappa shape index (κ3) is 5.17. The number of rotatable bonds is 8. The molecule has 0 radical (unpaired) electrons. The number of thiazole rings is 1. The Morgan fingerprint density at radius 2 is 1.93 bits per heavy atom. The maximum absolute atomic E-state index is 12.3. The van der Waals surface area contributed by atoms with E-state index in [0.29, 0.717) is 13.0 Å². The van der Waals surface area contributed by atoms with E-state index in [2.05, 4.69) is 4.99 Å². The van der Waals surface area contributed by atoms with Crippen LogP contribution in [-0.2, 0) is 11.8 Å². The second-order valence-electron chi connectivity index (χ2n) is 6.14. The van der Waals surface area contributed by atoms with Crippen molar-refractivity contribution < 1.29 is 14.3 Å². The first-order valence-electron chi connectivity index (χ1n) is 9.17. The second-order valence-corrected chi connectivity index (χ2v) is 8.32. The van der Waals surface area contributed by atoms with Crippen molar-refractivity contribution in [3.63, 3.8) is 0 Å². The number of fused-ring (bicyclic) bond motifs is 1. The maximum Gasteiger partial charge on any atom is 0.248 e. The van der Waals surface area contributed by atoms with Crippen molar-refractivity contribution in [1.29, 1.82) is 0 Å². The summed E-state index contributed by atoms with van der Waals surface area (Å²) in [4.78, 5) is 18.5. The molecule has 0 N–H and O–H groups in total. The van der Waals surface area contributed by atoms with E-state index in [1.54, 1.807) is 18.9 Å². The number of carbonyl (C=O) groups excluding carboxylic acids is 1. The van der Waals surface area contributed by atoms with E-state index in [1.807, 2.05) is 61.0 Å². The molecule has 0 fully saturated rings. The van der Waals surface area contributed by atoms with Gasteiger partial charge < -0.3 is 14.0 Å². The number of aromatic nitrogens is 1. The van der Waals surface area contributed by atoms with Gasteiger partial charge in [0.1, 0.15) is 11.5 Å². The first-order chi connectivity index (χ1) is 13.6. The highest BCUT2D eigenvalue weighted by Gasteiger charge is 2.07. The molecular formula is C21H24N2O3S2. The van der Waals surface area contributed by atoms with Crippen LogP contribution in [0, 0.1) is 0 Å². The van der Waals surface area contributed by atoms with Crippen molar-refractivity contribution in [2.45, 2.75) is 24.7 Å². The van der Waals surface area contributed by atoms with E-state index in [0.717, 1.165) is 38.7 Å². The molecule has 3 aromatic rings. The van der Waals surface area contributed by atoms with Crippen molar-refractivity contribution in [2.75, 3.05) is 19.5 Å². The molecule has 1 amide bonds. The van der Waals surface area contributed by atoms with Gasteiger partial charge in [-0.3, -0.25) is 4.79 Å². The third-order valence-electron chi connectivity index (χ3n) is 4.18. The molecule has 0 bridgehead atoms. The molecule has 5 nitrogen and oxygen atoms in total. The van der Waals surface area contributed by atoms with Gasteiger partial charge in [-0.25, -0.2) is 0 Å². The number of hydrogen-bond acceptors (Lipinski definition) is 5. The maximum atomic E-state index is 12.3. The first-order valence-corrected chi connectivity index (χ1v) is 11.0. The highest BCUT2D eigenvalue weighted by molar-refractivity contribution is 7.99. The van der Waals surface area contributed by atoms with Gasteiger partial charge in [-0.2, -0.15) is 4.99 Å². The van der Waals surface area contributed by atoms with Crippen LogP contribution in [0.1, 0.15) is 19.8 Å². The number of methoxy groups -OCH3 is 1. The van der Waals surface area contributed by atoms with E-state index in [-0.39, 0.29) is 5.91 Å². The summed E-state index contributed by atoms with van der Waals surface area (Å²) in [5.41, 5.74) is 1.05. The minimum Gasteiger partial charge on any atom is -0.497 e. The molecule has 0 aliphatic rings. The first kappa shape index (κ1) is 20.5. The largest absolute Gasteiger partial charge is 0.497 e. The van der Waals surface area contributed by atoms with Crippen LogP contribution >= 0.6 is 23.1 Å². The van der Waals surface area contributed by atoms with Crippen LogP contribution in [-0.4, -0.2) is 29.9 Å². The fourth-order valence-corrected chi connectivity index (χ4v) is 4.64. The van der Waals surface area contributed by atoms with Gasteiger partial charge in [-0.15, -0.1) is 11.8 Å². The van der Waals surface area contributed by atoms with E-state index >= 15 is 0 Å². The zero-order valence-corrected chi connectivity index (χ0v) is 17.9. The summed E-state index contributed by atoms with van der Waals surface area (Å²) in [6.07, 6.45) is 1.24. The van der Waals surface area contributed by atoms with Crippen molar-refractivity contribution in [2.24, 2.45) is 12.0 Å². The van der Waals surface area contributed by atoms with Crippen molar-refractivity contribution in [3.05, 3.63) is 47.3 Å². The zero-order valence-electron chi connectivity index (χ0n) is 16.3. The highest BCUT2D eigenvalue weighted by atomic mass is 32.2. The van der Waals surface area contributed by atoms with Crippen LogP contribution in [0.4, 0.5) is 0 Å². The summed E-state index contributed by atoms with van der Waals surface area (Å²) in [5, 5.41) is 0.